The van der Waals surface area contributed by atoms with Crippen molar-refractivity contribution in [3.8, 4) is 11.5 Å². The number of hydrogen-bond acceptors (Lipinski definition) is 4. The molecule has 0 bridgehead atoms. The van der Waals surface area contributed by atoms with E-state index in [1.54, 1.807) is 0 Å². The Morgan fingerprint density at radius 1 is 1.28 bits per heavy atom. The van der Waals surface area contributed by atoms with E-state index in [-0.39, 0.29) is 11.5 Å². The molecule has 2 fully saturated rings. The van der Waals surface area contributed by atoms with Gasteiger partial charge in [-0.2, -0.15) is 0 Å². The number of aliphatic imine (C=N–C) groups is 1. The quantitative estimate of drug-likeness (QED) is 0.648. The lowest BCUT2D eigenvalue weighted by molar-refractivity contribution is -0.162. The molecule has 4 rings (SSSR count). The molecule has 136 valence electrons. The molecule has 0 saturated heterocycles. The predicted octanol–water partition coefficient (Wildman–Crippen LogP) is 2.92. The fourth-order valence-corrected chi connectivity index (χ4v) is 4.17. The molecule has 2 unspecified atom stereocenters. The lowest BCUT2D eigenvalue weighted by Crippen LogP contribution is -2.61. The molecule has 2 saturated carbocycles. The summed E-state index contributed by atoms with van der Waals surface area (Å²) in [5.41, 5.74) is 7.27. The van der Waals surface area contributed by atoms with E-state index in [2.05, 4.69) is 12.2 Å². The van der Waals surface area contributed by atoms with Crippen molar-refractivity contribution in [2.24, 2.45) is 16.1 Å². The van der Waals surface area contributed by atoms with E-state index < -0.39 is 0 Å². The number of guanidine groups is 1. The normalized spacial score (nSPS) is 27.2. The molecule has 3 aliphatic rings. The second kappa shape index (κ2) is 6.75. The fraction of sp³-hybridized carbons (Fsp3) is 0.632. The number of benzene rings is 1. The van der Waals surface area contributed by atoms with Gasteiger partial charge in [-0.05, 0) is 38.3 Å². The van der Waals surface area contributed by atoms with Gasteiger partial charge in [-0.3, -0.25) is 0 Å². The Kier molecular flexibility index (Phi) is 4.46. The van der Waals surface area contributed by atoms with E-state index in [0.717, 1.165) is 36.6 Å². The maximum atomic E-state index is 6.17. The molecule has 0 aromatic heterocycles. The number of nitrogens with zero attached hydrogens (tertiary/aromatic N) is 1. The Hall–Kier alpha value is -1.95. The fourth-order valence-electron chi connectivity index (χ4n) is 4.17. The van der Waals surface area contributed by atoms with E-state index in [9.17, 15) is 0 Å². The van der Waals surface area contributed by atoms with Crippen molar-refractivity contribution < 1.29 is 14.2 Å². The molecule has 3 N–H and O–H groups in total. The molecule has 1 spiro atoms. The minimum atomic E-state index is 0.229. The molecular formula is C19H27N3O3. The van der Waals surface area contributed by atoms with Gasteiger partial charge in [0.15, 0.2) is 17.5 Å². The first-order chi connectivity index (χ1) is 12.2. The number of fused-ring (bicyclic) bond motifs is 1. The first-order valence-electron chi connectivity index (χ1n) is 9.33. The van der Waals surface area contributed by atoms with Gasteiger partial charge in [0.05, 0.1) is 25.4 Å². The summed E-state index contributed by atoms with van der Waals surface area (Å²) < 4.78 is 17.3. The van der Waals surface area contributed by atoms with Gasteiger partial charge in [0.2, 0.25) is 0 Å². The van der Waals surface area contributed by atoms with Crippen LogP contribution in [0.3, 0.4) is 0 Å². The highest BCUT2D eigenvalue weighted by molar-refractivity contribution is 5.92. The van der Waals surface area contributed by atoms with E-state index in [1.807, 2.05) is 18.2 Å². The third kappa shape index (κ3) is 3.03. The molecule has 1 heterocycles. The summed E-state index contributed by atoms with van der Waals surface area (Å²) in [7, 11) is 0. The van der Waals surface area contributed by atoms with Crippen LogP contribution in [-0.4, -0.2) is 37.9 Å². The summed E-state index contributed by atoms with van der Waals surface area (Å²) in [6.45, 7) is 4.19. The van der Waals surface area contributed by atoms with Gasteiger partial charge in [-0.25, -0.2) is 4.99 Å². The second-order valence-electron chi connectivity index (χ2n) is 7.13. The van der Waals surface area contributed by atoms with Crippen LogP contribution in [0.2, 0.25) is 0 Å². The highest BCUT2D eigenvalue weighted by Gasteiger charge is 2.59. The van der Waals surface area contributed by atoms with Gasteiger partial charge in [0, 0.05) is 30.2 Å². The van der Waals surface area contributed by atoms with Crippen LogP contribution in [0.4, 0.5) is 5.69 Å². The summed E-state index contributed by atoms with van der Waals surface area (Å²) in [5, 5.41) is 3.20. The average molecular weight is 345 g/mol. The topological polar surface area (TPSA) is 78.1 Å². The molecule has 6 nitrogen and oxygen atoms in total. The highest BCUT2D eigenvalue weighted by Crippen LogP contribution is 2.58. The van der Waals surface area contributed by atoms with E-state index in [1.165, 1.54) is 19.3 Å². The summed E-state index contributed by atoms with van der Waals surface area (Å²) in [4.78, 5) is 4.75. The standard InChI is InChI=1S/C19H27N3O3/c1-2-23-17-12-16(19(17)7-3-8-19)22-18(20)21-13-5-6-14-15(11-13)25-10-4-9-24-14/h5-6,11,16-17H,2-4,7-10,12H2,1H3,(H3,20,21,22). The number of rotatable bonds is 4. The Bertz CT molecular complexity index is 657. The Balaban J connectivity index is 1.43. The Morgan fingerprint density at radius 3 is 2.80 bits per heavy atom. The lowest BCUT2D eigenvalue weighted by atomic mass is 9.51. The van der Waals surface area contributed by atoms with Crippen molar-refractivity contribution in [1.29, 1.82) is 0 Å². The summed E-state index contributed by atoms with van der Waals surface area (Å²) in [6, 6.07) is 6.05. The van der Waals surface area contributed by atoms with Gasteiger partial charge < -0.3 is 25.3 Å². The van der Waals surface area contributed by atoms with Crippen molar-refractivity contribution in [1.82, 2.24) is 0 Å². The Labute approximate surface area is 148 Å². The van der Waals surface area contributed by atoms with Crippen LogP contribution in [0.25, 0.3) is 0 Å². The zero-order valence-electron chi connectivity index (χ0n) is 14.8. The molecule has 0 amide bonds. The number of hydrogen-bond donors (Lipinski definition) is 2. The number of ether oxygens (including phenoxy) is 3. The molecule has 25 heavy (non-hydrogen) atoms. The smallest absolute Gasteiger partial charge is 0.193 e. The van der Waals surface area contributed by atoms with Crippen LogP contribution >= 0.6 is 0 Å². The molecular weight excluding hydrogens is 318 g/mol. The minimum Gasteiger partial charge on any atom is -0.490 e. The molecule has 2 atom stereocenters. The second-order valence-corrected chi connectivity index (χ2v) is 7.13. The SMILES string of the molecule is CCOC1CC(N=C(N)Nc2ccc3c(c2)OCCCO3)C12CCC2. The first kappa shape index (κ1) is 16.5. The van der Waals surface area contributed by atoms with Crippen molar-refractivity contribution in [2.75, 3.05) is 25.1 Å². The van der Waals surface area contributed by atoms with Crippen molar-refractivity contribution in [3.63, 3.8) is 0 Å². The molecule has 2 aliphatic carbocycles. The van der Waals surface area contributed by atoms with Gasteiger partial charge in [-0.1, -0.05) is 6.42 Å². The van der Waals surface area contributed by atoms with Crippen LogP contribution < -0.4 is 20.5 Å². The summed E-state index contributed by atoms with van der Waals surface area (Å²) >= 11 is 0. The van der Waals surface area contributed by atoms with Crippen molar-refractivity contribution in [2.45, 2.75) is 51.2 Å². The zero-order chi connectivity index (χ0) is 17.3. The van der Waals surface area contributed by atoms with Crippen molar-refractivity contribution >= 4 is 11.6 Å². The van der Waals surface area contributed by atoms with E-state index in [4.69, 9.17) is 24.9 Å². The maximum absolute atomic E-state index is 6.17. The zero-order valence-corrected chi connectivity index (χ0v) is 14.8. The molecule has 0 radical (unpaired) electrons. The van der Waals surface area contributed by atoms with Gasteiger partial charge >= 0.3 is 0 Å². The maximum Gasteiger partial charge on any atom is 0.193 e. The largest absolute Gasteiger partial charge is 0.490 e. The molecule has 1 aromatic rings. The van der Waals surface area contributed by atoms with Crippen LogP contribution in [0.5, 0.6) is 11.5 Å². The number of nitrogens with two attached hydrogens (primary N) is 1. The van der Waals surface area contributed by atoms with Gasteiger partial charge in [0.25, 0.3) is 0 Å². The number of anilines is 1. The third-order valence-corrected chi connectivity index (χ3v) is 5.71. The highest BCUT2D eigenvalue weighted by atomic mass is 16.5. The minimum absolute atomic E-state index is 0.229. The van der Waals surface area contributed by atoms with Gasteiger partial charge in [0.1, 0.15) is 0 Å². The lowest BCUT2D eigenvalue weighted by Gasteiger charge is -2.59. The van der Waals surface area contributed by atoms with Crippen LogP contribution in [0.1, 0.15) is 39.0 Å². The molecule has 6 heteroatoms. The molecule has 1 aliphatic heterocycles. The van der Waals surface area contributed by atoms with Gasteiger partial charge in [-0.15, -0.1) is 0 Å². The first-order valence-corrected chi connectivity index (χ1v) is 9.33. The van der Waals surface area contributed by atoms with E-state index >= 15 is 0 Å². The predicted molar refractivity (Wildman–Crippen MR) is 97.4 cm³/mol. The van der Waals surface area contributed by atoms with Crippen LogP contribution in [0.15, 0.2) is 23.2 Å². The average Bonchev–Trinajstić information content (AvgIpc) is 2.77. The van der Waals surface area contributed by atoms with Crippen LogP contribution in [0, 0.1) is 5.41 Å². The molecule has 1 aromatic carbocycles. The number of nitrogens with one attached hydrogen (secondary N) is 1. The Morgan fingerprint density at radius 2 is 2.08 bits per heavy atom. The monoisotopic (exact) mass is 345 g/mol. The summed E-state index contributed by atoms with van der Waals surface area (Å²) in [5.74, 6) is 2.00. The third-order valence-electron chi connectivity index (χ3n) is 5.71. The van der Waals surface area contributed by atoms with Crippen molar-refractivity contribution in [3.05, 3.63) is 18.2 Å². The van der Waals surface area contributed by atoms with Crippen LogP contribution in [-0.2, 0) is 4.74 Å². The summed E-state index contributed by atoms with van der Waals surface area (Å²) in [6.07, 6.45) is 5.88. The van der Waals surface area contributed by atoms with E-state index in [0.29, 0.717) is 25.3 Å².